The van der Waals surface area contributed by atoms with Crippen molar-refractivity contribution in [1.29, 1.82) is 0 Å². The molecule has 0 fully saturated rings. The number of aromatic nitrogens is 1. The molecule has 0 saturated heterocycles. The lowest BCUT2D eigenvalue weighted by molar-refractivity contribution is -0.115. The number of allylic oxidation sites excluding steroid dienone is 2. The van der Waals surface area contributed by atoms with Crippen molar-refractivity contribution in [3.05, 3.63) is 76.7 Å². The van der Waals surface area contributed by atoms with Crippen molar-refractivity contribution in [3.8, 4) is 5.75 Å². The van der Waals surface area contributed by atoms with Crippen LogP contribution in [0.2, 0.25) is 0 Å². The number of hydrogen-bond acceptors (Lipinski definition) is 4. The summed E-state index contributed by atoms with van der Waals surface area (Å²) in [7, 11) is 0. The summed E-state index contributed by atoms with van der Waals surface area (Å²) < 4.78 is 6.01. The number of aliphatic imine (C=N–C) groups is 1. The highest BCUT2D eigenvalue weighted by atomic mass is 16.5. The van der Waals surface area contributed by atoms with E-state index < -0.39 is 0 Å². The first-order valence-electron chi connectivity index (χ1n) is 11.3. The Hall–Kier alpha value is -3.34. The van der Waals surface area contributed by atoms with Gasteiger partial charge in [-0.15, -0.1) is 0 Å². The highest BCUT2D eigenvalue weighted by Gasteiger charge is 2.23. The molecule has 0 spiro atoms. The number of aromatic amines is 1. The summed E-state index contributed by atoms with van der Waals surface area (Å²) in [5.41, 5.74) is 5.70. The number of Topliss-reactive ketones (excluding diaryl/α,β-unsaturated/α-hetero) is 1. The molecule has 1 aliphatic rings. The molecule has 2 N–H and O–H groups in total. The number of ether oxygens (including phenoxy) is 1. The Kier molecular flexibility index (Phi) is 6.74. The fourth-order valence-electron chi connectivity index (χ4n) is 4.34. The molecular formula is C27H30N2O3. The molecule has 0 atom stereocenters. The fraction of sp³-hybridized carbons (Fsp3) is 0.333. The highest BCUT2D eigenvalue weighted by molar-refractivity contribution is 6.23. The molecule has 1 aliphatic carbocycles. The van der Waals surface area contributed by atoms with Crippen molar-refractivity contribution >= 4 is 22.4 Å². The molecule has 1 aromatic heterocycles. The normalized spacial score (nSPS) is 14.9. The number of aliphatic hydroxyl groups excluding tert-OH is 1. The van der Waals surface area contributed by atoms with Gasteiger partial charge >= 0.3 is 0 Å². The van der Waals surface area contributed by atoms with Gasteiger partial charge in [0.25, 0.3) is 0 Å². The van der Waals surface area contributed by atoms with E-state index in [0.717, 1.165) is 40.0 Å². The average molecular weight is 431 g/mol. The van der Waals surface area contributed by atoms with Gasteiger partial charge in [0.1, 0.15) is 18.1 Å². The molecule has 32 heavy (non-hydrogen) atoms. The van der Waals surface area contributed by atoms with Gasteiger partial charge < -0.3 is 14.8 Å². The lowest BCUT2D eigenvalue weighted by Crippen LogP contribution is -2.19. The first-order chi connectivity index (χ1) is 15.6. The van der Waals surface area contributed by atoms with Gasteiger partial charge in [-0.25, -0.2) is 0 Å². The summed E-state index contributed by atoms with van der Waals surface area (Å²) in [4.78, 5) is 20.5. The van der Waals surface area contributed by atoms with E-state index in [-0.39, 0.29) is 11.5 Å². The number of aliphatic hydroxyl groups is 1. The van der Waals surface area contributed by atoms with Crippen molar-refractivity contribution in [2.75, 3.05) is 6.54 Å². The first-order valence-corrected chi connectivity index (χ1v) is 11.3. The number of hydrogen-bond donors (Lipinski definition) is 2. The zero-order valence-corrected chi connectivity index (χ0v) is 18.8. The molecule has 0 bridgehead atoms. The van der Waals surface area contributed by atoms with Crippen LogP contribution in [0, 0.1) is 6.92 Å². The third-order valence-electron chi connectivity index (χ3n) is 6.01. The second-order valence-electron chi connectivity index (χ2n) is 8.24. The average Bonchev–Trinajstić information content (AvgIpc) is 3.11. The number of nitrogens with zero attached hydrogens (tertiary/aromatic N) is 1. The van der Waals surface area contributed by atoms with Crippen LogP contribution < -0.4 is 4.74 Å². The predicted molar refractivity (Wildman–Crippen MR) is 129 cm³/mol. The van der Waals surface area contributed by atoms with Gasteiger partial charge in [-0.3, -0.25) is 9.79 Å². The Morgan fingerprint density at radius 2 is 1.97 bits per heavy atom. The van der Waals surface area contributed by atoms with Crippen molar-refractivity contribution in [3.63, 3.8) is 0 Å². The van der Waals surface area contributed by atoms with E-state index in [1.165, 1.54) is 5.56 Å². The van der Waals surface area contributed by atoms with E-state index in [9.17, 15) is 9.90 Å². The predicted octanol–water partition coefficient (Wildman–Crippen LogP) is 6.01. The van der Waals surface area contributed by atoms with Crippen molar-refractivity contribution in [2.45, 2.75) is 52.6 Å². The lowest BCUT2D eigenvalue weighted by atomic mass is 9.92. The molecule has 5 nitrogen and oxygen atoms in total. The van der Waals surface area contributed by atoms with Gasteiger partial charge in [0.15, 0.2) is 5.78 Å². The van der Waals surface area contributed by atoms with Crippen molar-refractivity contribution in [1.82, 2.24) is 4.98 Å². The molecule has 0 amide bonds. The molecule has 1 heterocycles. The first kappa shape index (κ1) is 21.9. The van der Waals surface area contributed by atoms with Crippen LogP contribution in [-0.2, 0) is 17.8 Å². The van der Waals surface area contributed by atoms with Gasteiger partial charge in [-0.1, -0.05) is 37.3 Å². The topological polar surface area (TPSA) is 74.7 Å². The number of carbonyl (C=O) groups is 1. The number of nitrogens with one attached hydrogen (secondary N) is 1. The van der Waals surface area contributed by atoms with E-state index in [4.69, 9.17) is 9.73 Å². The smallest absolute Gasteiger partial charge is 0.168 e. The van der Waals surface area contributed by atoms with Crippen molar-refractivity contribution in [2.24, 2.45) is 4.99 Å². The minimum Gasteiger partial charge on any atom is -0.511 e. The third kappa shape index (κ3) is 4.77. The van der Waals surface area contributed by atoms with Gasteiger partial charge in [0, 0.05) is 41.7 Å². The van der Waals surface area contributed by atoms with Crippen LogP contribution in [-0.4, -0.2) is 28.1 Å². The Morgan fingerprint density at radius 1 is 1.16 bits per heavy atom. The quantitative estimate of drug-likeness (QED) is 0.430. The third-order valence-corrected chi connectivity index (χ3v) is 6.01. The van der Waals surface area contributed by atoms with Crippen molar-refractivity contribution < 1.29 is 14.6 Å². The zero-order valence-electron chi connectivity index (χ0n) is 18.8. The van der Waals surface area contributed by atoms with Crippen LogP contribution >= 0.6 is 0 Å². The van der Waals surface area contributed by atoms with Gasteiger partial charge in [0.2, 0.25) is 0 Å². The maximum absolute atomic E-state index is 12.3. The molecule has 0 saturated carbocycles. The Labute approximate surface area is 188 Å². The number of H-pyrrole nitrogens is 1. The molecule has 0 aliphatic heterocycles. The molecule has 5 heteroatoms. The summed E-state index contributed by atoms with van der Waals surface area (Å²) in [5, 5.41) is 11.4. The minimum atomic E-state index is 0.0119. The number of benzene rings is 2. The molecule has 0 radical (unpaired) electrons. The Bertz CT molecular complexity index is 1170. The minimum absolute atomic E-state index is 0.0119. The monoisotopic (exact) mass is 430 g/mol. The van der Waals surface area contributed by atoms with E-state index >= 15 is 0 Å². The molecule has 4 rings (SSSR count). The molecular weight excluding hydrogens is 400 g/mol. The van der Waals surface area contributed by atoms with Gasteiger partial charge in [0.05, 0.1) is 5.57 Å². The van der Waals surface area contributed by atoms with Gasteiger partial charge in [-0.05, 0) is 55.5 Å². The standard InChI is InChI=1S/C27H30N2O3/c1-3-23(27-25(30)10-7-11-26(27)31)28-15-14-21-18(2)29-24-13-12-20(16-22(21)24)32-17-19-8-5-4-6-9-19/h4-6,8-9,12-13,16,29-30H,3,7,10-11,14-15,17H2,1-2H3. The second-order valence-corrected chi connectivity index (χ2v) is 8.24. The molecule has 166 valence electrons. The van der Waals surface area contributed by atoms with E-state index in [1.54, 1.807) is 0 Å². The van der Waals surface area contributed by atoms with Crippen LogP contribution in [0.3, 0.4) is 0 Å². The maximum atomic E-state index is 12.3. The van der Waals surface area contributed by atoms with Crippen LogP contribution in [0.1, 0.15) is 49.4 Å². The summed E-state index contributed by atoms with van der Waals surface area (Å²) >= 11 is 0. The van der Waals surface area contributed by atoms with Gasteiger partial charge in [-0.2, -0.15) is 0 Å². The van der Waals surface area contributed by atoms with Crippen LogP contribution in [0.4, 0.5) is 0 Å². The number of rotatable bonds is 8. The van der Waals surface area contributed by atoms with Crippen LogP contribution in [0.5, 0.6) is 5.75 Å². The number of carbonyl (C=O) groups excluding carboxylic acids is 1. The van der Waals surface area contributed by atoms with E-state index in [0.29, 0.717) is 44.4 Å². The van der Waals surface area contributed by atoms with E-state index in [1.807, 2.05) is 31.2 Å². The summed E-state index contributed by atoms with van der Waals surface area (Å²) in [6.45, 7) is 5.15. The van der Waals surface area contributed by atoms with Crippen LogP contribution in [0.25, 0.3) is 10.9 Å². The SMILES string of the molecule is CCC(=NCCc1c(C)[nH]c2ccc(OCc3ccccc3)cc12)C1=C(O)CCCC1=O. The Morgan fingerprint density at radius 3 is 2.72 bits per heavy atom. The molecule has 2 aromatic carbocycles. The number of ketones is 1. The Balaban J connectivity index is 1.51. The zero-order chi connectivity index (χ0) is 22.5. The summed E-state index contributed by atoms with van der Waals surface area (Å²) in [6.07, 6.45) is 3.16. The lowest BCUT2D eigenvalue weighted by Gasteiger charge is -2.16. The molecule has 3 aromatic rings. The highest BCUT2D eigenvalue weighted by Crippen LogP contribution is 2.28. The number of aryl methyl sites for hydroxylation is 1. The fourth-order valence-corrected chi connectivity index (χ4v) is 4.34. The summed E-state index contributed by atoms with van der Waals surface area (Å²) in [5.74, 6) is 1.05. The number of fused-ring (bicyclic) bond motifs is 1. The van der Waals surface area contributed by atoms with Crippen LogP contribution in [0.15, 0.2) is 64.9 Å². The molecule has 0 unspecified atom stereocenters. The van der Waals surface area contributed by atoms with E-state index in [2.05, 4.69) is 36.2 Å². The largest absolute Gasteiger partial charge is 0.511 e. The second kappa shape index (κ2) is 9.86. The maximum Gasteiger partial charge on any atom is 0.168 e. The summed E-state index contributed by atoms with van der Waals surface area (Å²) in [6, 6.07) is 16.3.